The molecule has 24 heavy (non-hydrogen) atoms. The summed E-state index contributed by atoms with van der Waals surface area (Å²) in [6, 6.07) is 4.24. The maximum absolute atomic E-state index is 2.39. The van der Waals surface area contributed by atoms with Gasteiger partial charge in [-0.05, 0) is 24.5 Å². The lowest BCUT2D eigenvalue weighted by Gasteiger charge is -2.14. The maximum Gasteiger partial charge on any atom is 0.0219 e. The van der Waals surface area contributed by atoms with Gasteiger partial charge in [0, 0.05) is 18.9 Å². The van der Waals surface area contributed by atoms with Crippen LogP contribution in [0.3, 0.4) is 0 Å². The van der Waals surface area contributed by atoms with Gasteiger partial charge >= 0.3 is 0 Å². The molecule has 0 bridgehead atoms. The van der Waals surface area contributed by atoms with Crippen LogP contribution >= 0.6 is 0 Å². The van der Waals surface area contributed by atoms with E-state index in [1.165, 1.54) is 103 Å². The van der Waals surface area contributed by atoms with E-state index in [9.17, 15) is 0 Å². The highest BCUT2D eigenvalue weighted by atomic mass is 14.9. The third-order valence-corrected chi connectivity index (χ3v) is 5.49. The Labute approximate surface area is 152 Å². The molecule has 1 heterocycles. The summed E-state index contributed by atoms with van der Waals surface area (Å²) in [7, 11) is 0. The zero-order valence-electron chi connectivity index (χ0n) is 16.6. The first-order valence-electron chi connectivity index (χ1n) is 11.0. The molecule has 0 saturated heterocycles. The van der Waals surface area contributed by atoms with Crippen LogP contribution in [0.4, 0.5) is 0 Å². The fraction of sp³-hybridized carbons (Fsp3) is 0.826. The molecule has 1 rings (SSSR count). The average Bonchev–Trinajstić information content (AvgIpc) is 3.11. The third kappa shape index (κ3) is 11.8. The van der Waals surface area contributed by atoms with Crippen molar-refractivity contribution < 1.29 is 0 Å². The summed E-state index contributed by atoms with van der Waals surface area (Å²) in [5, 5.41) is 0. The van der Waals surface area contributed by atoms with Crippen LogP contribution in [0.2, 0.25) is 0 Å². The van der Waals surface area contributed by atoms with Crippen LogP contribution in [0.15, 0.2) is 24.5 Å². The molecule has 0 fully saturated rings. The van der Waals surface area contributed by atoms with Crippen molar-refractivity contribution in [3.63, 3.8) is 0 Å². The SMILES string of the molecule is CCCCCCCCCCC(CC)CCCCCCn1cccc1. The van der Waals surface area contributed by atoms with E-state index in [1.807, 2.05) is 0 Å². The Morgan fingerprint density at radius 3 is 1.67 bits per heavy atom. The molecular weight excluding hydrogens is 290 g/mol. The Bertz CT molecular complexity index is 341. The van der Waals surface area contributed by atoms with Gasteiger partial charge in [0.05, 0.1) is 0 Å². The third-order valence-electron chi connectivity index (χ3n) is 5.49. The van der Waals surface area contributed by atoms with Gasteiger partial charge in [-0.15, -0.1) is 0 Å². The molecule has 1 atom stereocenters. The Balaban J connectivity index is 1.87. The highest BCUT2D eigenvalue weighted by Gasteiger charge is 2.05. The molecule has 0 amide bonds. The molecule has 1 aromatic rings. The predicted molar refractivity (Wildman–Crippen MR) is 109 cm³/mol. The fourth-order valence-corrected chi connectivity index (χ4v) is 3.72. The molecular formula is C23H43N. The minimum atomic E-state index is 0.995. The van der Waals surface area contributed by atoms with Crippen molar-refractivity contribution in [2.75, 3.05) is 0 Å². The number of unbranched alkanes of at least 4 members (excludes halogenated alkanes) is 10. The van der Waals surface area contributed by atoms with Gasteiger partial charge in [0.15, 0.2) is 0 Å². The molecule has 0 aliphatic heterocycles. The minimum absolute atomic E-state index is 0.995. The van der Waals surface area contributed by atoms with Crippen LogP contribution < -0.4 is 0 Å². The Morgan fingerprint density at radius 2 is 1.12 bits per heavy atom. The molecule has 0 radical (unpaired) electrons. The van der Waals surface area contributed by atoms with Crippen molar-refractivity contribution in [3.8, 4) is 0 Å². The van der Waals surface area contributed by atoms with Gasteiger partial charge in [0.2, 0.25) is 0 Å². The van der Waals surface area contributed by atoms with Crippen molar-refractivity contribution in [3.05, 3.63) is 24.5 Å². The van der Waals surface area contributed by atoms with Gasteiger partial charge in [0.1, 0.15) is 0 Å². The van der Waals surface area contributed by atoms with Crippen LogP contribution in [-0.4, -0.2) is 4.57 Å². The lowest BCUT2D eigenvalue weighted by atomic mass is 9.92. The van der Waals surface area contributed by atoms with E-state index in [0.717, 1.165) is 5.92 Å². The van der Waals surface area contributed by atoms with Gasteiger partial charge in [-0.25, -0.2) is 0 Å². The summed E-state index contributed by atoms with van der Waals surface area (Å²) in [6.45, 7) is 5.89. The van der Waals surface area contributed by atoms with Gasteiger partial charge in [-0.1, -0.05) is 104 Å². The molecule has 0 aliphatic rings. The smallest absolute Gasteiger partial charge is 0.0219 e. The molecule has 1 unspecified atom stereocenters. The standard InChI is InChI=1S/C23H43N/c1-3-5-6-7-8-9-10-13-18-23(4-2)19-14-11-12-15-20-24-21-16-17-22-24/h16-17,21-23H,3-15,18-20H2,1-2H3. The molecule has 0 spiro atoms. The van der Waals surface area contributed by atoms with Gasteiger partial charge < -0.3 is 4.57 Å². The molecule has 140 valence electrons. The van der Waals surface area contributed by atoms with Crippen LogP contribution in [-0.2, 0) is 6.54 Å². The normalized spacial score (nSPS) is 12.6. The monoisotopic (exact) mass is 333 g/mol. The van der Waals surface area contributed by atoms with Crippen LogP contribution in [0, 0.1) is 5.92 Å². The van der Waals surface area contributed by atoms with Crippen LogP contribution in [0.1, 0.15) is 110 Å². The highest BCUT2D eigenvalue weighted by molar-refractivity contribution is 4.89. The summed E-state index contributed by atoms with van der Waals surface area (Å²) < 4.78 is 2.30. The predicted octanol–water partition coefficient (Wildman–Crippen LogP) is 8.00. The van der Waals surface area contributed by atoms with E-state index in [4.69, 9.17) is 0 Å². The molecule has 0 aromatic carbocycles. The topological polar surface area (TPSA) is 4.93 Å². The Kier molecular flexibility index (Phi) is 14.0. The summed E-state index contributed by atoms with van der Waals surface area (Å²) >= 11 is 0. The second-order valence-electron chi connectivity index (χ2n) is 7.66. The van der Waals surface area contributed by atoms with Gasteiger partial charge in [-0.2, -0.15) is 0 Å². The average molecular weight is 334 g/mol. The number of aryl methyl sites for hydroxylation is 1. The largest absolute Gasteiger partial charge is 0.354 e. The first kappa shape index (κ1) is 21.3. The van der Waals surface area contributed by atoms with Crippen molar-refractivity contribution in [1.29, 1.82) is 0 Å². The second-order valence-corrected chi connectivity index (χ2v) is 7.66. The van der Waals surface area contributed by atoms with E-state index in [0.29, 0.717) is 0 Å². The van der Waals surface area contributed by atoms with E-state index >= 15 is 0 Å². The number of hydrogen-bond donors (Lipinski definition) is 0. The molecule has 1 nitrogen and oxygen atoms in total. The minimum Gasteiger partial charge on any atom is -0.354 e. The maximum atomic E-state index is 2.39. The molecule has 0 N–H and O–H groups in total. The van der Waals surface area contributed by atoms with Crippen LogP contribution in [0.5, 0.6) is 0 Å². The fourth-order valence-electron chi connectivity index (χ4n) is 3.72. The molecule has 0 saturated carbocycles. The first-order valence-corrected chi connectivity index (χ1v) is 11.0. The van der Waals surface area contributed by atoms with Gasteiger partial charge in [-0.3, -0.25) is 0 Å². The van der Waals surface area contributed by atoms with E-state index in [-0.39, 0.29) is 0 Å². The molecule has 1 heteroatoms. The molecule has 1 aromatic heterocycles. The summed E-state index contributed by atoms with van der Waals surface area (Å²) in [6.07, 6.45) is 25.9. The van der Waals surface area contributed by atoms with Crippen molar-refractivity contribution in [2.24, 2.45) is 5.92 Å². The Hall–Kier alpha value is -0.720. The zero-order valence-corrected chi connectivity index (χ0v) is 16.6. The first-order chi connectivity index (χ1) is 11.9. The van der Waals surface area contributed by atoms with E-state index in [2.05, 4.69) is 42.9 Å². The lowest BCUT2D eigenvalue weighted by Crippen LogP contribution is -1.99. The van der Waals surface area contributed by atoms with Crippen molar-refractivity contribution >= 4 is 0 Å². The van der Waals surface area contributed by atoms with E-state index < -0.39 is 0 Å². The summed E-state index contributed by atoms with van der Waals surface area (Å²) in [4.78, 5) is 0. The van der Waals surface area contributed by atoms with Crippen molar-refractivity contribution in [2.45, 2.75) is 117 Å². The number of hydrogen-bond acceptors (Lipinski definition) is 0. The highest BCUT2D eigenvalue weighted by Crippen LogP contribution is 2.21. The number of aromatic nitrogens is 1. The van der Waals surface area contributed by atoms with E-state index in [1.54, 1.807) is 0 Å². The Morgan fingerprint density at radius 1 is 0.625 bits per heavy atom. The summed E-state index contributed by atoms with van der Waals surface area (Å²) in [5.74, 6) is 0.995. The zero-order chi connectivity index (χ0) is 17.3. The van der Waals surface area contributed by atoms with Gasteiger partial charge in [0.25, 0.3) is 0 Å². The lowest BCUT2D eigenvalue weighted by molar-refractivity contribution is 0.391. The van der Waals surface area contributed by atoms with Crippen LogP contribution in [0.25, 0.3) is 0 Å². The van der Waals surface area contributed by atoms with Crippen molar-refractivity contribution in [1.82, 2.24) is 4.57 Å². The quantitative estimate of drug-likeness (QED) is 0.254. The second kappa shape index (κ2) is 15.8. The molecule has 0 aliphatic carbocycles. The number of rotatable bonds is 17. The number of nitrogens with zero attached hydrogens (tertiary/aromatic N) is 1. The summed E-state index contributed by atoms with van der Waals surface area (Å²) in [5.41, 5.74) is 0.